The molecule has 0 spiro atoms. The first-order valence-corrected chi connectivity index (χ1v) is 23.5. The van der Waals surface area contributed by atoms with Crippen LogP contribution in [0.3, 0.4) is 0 Å². The highest BCUT2D eigenvalue weighted by Crippen LogP contribution is 2.28. The highest BCUT2D eigenvalue weighted by atomic mass is 16.5. The molecule has 0 unspecified atom stereocenters. The molecule has 0 saturated heterocycles. The van der Waals surface area contributed by atoms with Gasteiger partial charge in [-0.2, -0.15) is 0 Å². The molecule has 2 aromatic rings. The minimum absolute atomic E-state index is 0.960. The van der Waals surface area contributed by atoms with Crippen LogP contribution in [0.15, 0.2) is 48.5 Å². The van der Waals surface area contributed by atoms with Crippen LogP contribution >= 0.6 is 0 Å². The van der Waals surface area contributed by atoms with Gasteiger partial charge in [0.2, 0.25) is 0 Å². The molecule has 0 N–H and O–H groups in total. The first kappa shape index (κ1) is 47.3. The van der Waals surface area contributed by atoms with E-state index < -0.39 is 0 Å². The van der Waals surface area contributed by atoms with Crippen molar-refractivity contribution in [3.05, 3.63) is 59.7 Å². The summed E-state index contributed by atoms with van der Waals surface area (Å²) in [7, 11) is 0. The van der Waals surface area contributed by atoms with E-state index in [2.05, 4.69) is 90.1 Å². The van der Waals surface area contributed by atoms with Crippen molar-refractivity contribution in [1.82, 2.24) is 0 Å². The van der Waals surface area contributed by atoms with Crippen molar-refractivity contribution in [3.8, 4) is 11.5 Å². The zero-order valence-electron chi connectivity index (χ0n) is 36.5. The van der Waals surface area contributed by atoms with Gasteiger partial charge in [-0.15, -0.1) is 0 Å². The van der Waals surface area contributed by atoms with Gasteiger partial charge in [-0.25, -0.2) is 0 Å². The molecule has 304 valence electrons. The van der Waals surface area contributed by atoms with Crippen LogP contribution in [0.1, 0.15) is 207 Å². The smallest absolute Gasteiger partial charge is 0.127 e. The first-order chi connectivity index (χ1) is 26.0. The second-order valence-electron chi connectivity index (χ2n) is 17.1. The standard InChI is InChI=1S/C50H90N2O/c1-7-13-19-25-39-51(40-26-20-14-8-2,41-27-21-15-9-3)45-47-31-35-49(36-32-47)53-50-37-33-48(34-38-50)46-52(42-28-22-16-10-4,43-29-23-17-11-5)44-30-24-18-12-6/h31-38H,7-30,39-46H2,1-6H3/q+2. The average molecular weight is 735 g/mol. The van der Waals surface area contributed by atoms with E-state index in [0.717, 1.165) is 24.6 Å². The highest BCUT2D eigenvalue weighted by Gasteiger charge is 2.28. The molecule has 3 nitrogen and oxygen atoms in total. The number of ether oxygens (including phenoxy) is 1. The highest BCUT2D eigenvalue weighted by molar-refractivity contribution is 5.34. The van der Waals surface area contributed by atoms with E-state index in [0.29, 0.717) is 0 Å². The van der Waals surface area contributed by atoms with E-state index >= 15 is 0 Å². The second kappa shape index (κ2) is 30.4. The van der Waals surface area contributed by atoms with Gasteiger partial charge in [0.15, 0.2) is 0 Å². The van der Waals surface area contributed by atoms with Gasteiger partial charge in [0.1, 0.15) is 24.6 Å². The summed E-state index contributed by atoms with van der Waals surface area (Å²) in [5.74, 6) is 1.92. The minimum Gasteiger partial charge on any atom is -0.457 e. The summed E-state index contributed by atoms with van der Waals surface area (Å²) in [6.07, 6.45) is 32.6. The summed E-state index contributed by atoms with van der Waals surface area (Å²) in [6, 6.07) is 18.4. The number of nitrogens with zero attached hydrogens (tertiary/aromatic N) is 2. The number of unbranched alkanes of at least 4 members (excludes halogenated alkanes) is 18. The fourth-order valence-corrected chi connectivity index (χ4v) is 8.63. The monoisotopic (exact) mass is 735 g/mol. The molecule has 0 aliphatic carbocycles. The lowest BCUT2D eigenvalue weighted by Crippen LogP contribution is -2.49. The Hall–Kier alpha value is -1.84. The van der Waals surface area contributed by atoms with Crippen LogP contribution in [0.2, 0.25) is 0 Å². The van der Waals surface area contributed by atoms with Crippen LogP contribution in [0.25, 0.3) is 0 Å². The van der Waals surface area contributed by atoms with Gasteiger partial charge in [0.25, 0.3) is 0 Å². The largest absolute Gasteiger partial charge is 0.457 e. The summed E-state index contributed by atoms with van der Waals surface area (Å²) in [4.78, 5) is 0. The molecule has 3 heteroatoms. The molecular formula is C50H90N2O+2. The van der Waals surface area contributed by atoms with Crippen LogP contribution in [-0.4, -0.2) is 48.2 Å². The Kier molecular flexibility index (Phi) is 27.1. The average Bonchev–Trinajstić information content (AvgIpc) is 3.17. The molecule has 0 aliphatic rings. The van der Waals surface area contributed by atoms with E-state index in [4.69, 9.17) is 4.74 Å². The van der Waals surface area contributed by atoms with Crippen LogP contribution < -0.4 is 4.74 Å². The van der Waals surface area contributed by atoms with Gasteiger partial charge >= 0.3 is 0 Å². The summed E-state index contributed by atoms with van der Waals surface area (Å²) < 4.78 is 9.03. The third-order valence-corrected chi connectivity index (χ3v) is 12.0. The lowest BCUT2D eigenvalue weighted by Gasteiger charge is -2.39. The van der Waals surface area contributed by atoms with Crippen molar-refractivity contribution in [3.63, 3.8) is 0 Å². The van der Waals surface area contributed by atoms with Gasteiger partial charge in [-0.3, -0.25) is 0 Å². The maximum Gasteiger partial charge on any atom is 0.127 e. The zero-order chi connectivity index (χ0) is 38.3. The molecule has 0 radical (unpaired) electrons. The molecule has 0 fully saturated rings. The molecule has 53 heavy (non-hydrogen) atoms. The number of hydrogen-bond acceptors (Lipinski definition) is 1. The van der Waals surface area contributed by atoms with E-state index in [9.17, 15) is 0 Å². The molecule has 2 rings (SSSR count). The molecule has 0 atom stereocenters. The predicted molar refractivity (Wildman–Crippen MR) is 235 cm³/mol. The van der Waals surface area contributed by atoms with E-state index in [-0.39, 0.29) is 0 Å². The quantitative estimate of drug-likeness (QED) is 0.0500. The molecule has 0 bridgehead atoms. The Morgan fingerprint density at radius 2 is 0.528 bits per heavy atom. The zero-order valence-corrected chi connectivity index (χ0v) is 36.5. The molecule has 0 aliphatic heterocycles. The van der Waals surface area contributed by atoms with Crippen molar-refractivity contribution in [2.45, 2.75) is 209 Å². The van der Waals surface area contributed by atoms with Gasteiger partial charge in [-0.05, 0) is 126 Å². The molecule has 0 heterocycles. The Morgan fingerprint density at radius 1 is 0.302 bits per heavy atom. The third-order valence-electron chi connectivity index (χ3n) is 12.0. The number of benzene rings is 2. The van der Waals surface area contributed by atoms with E-state index in [1.54, 1.807) is 0 Å². The summed E-state index contributed by atoms with van der Waals surface area (Å²) in [6.45, 7) is 24.3. The van der Waals surface area contributed by atoms with Crippen molar-refractivity contribution < 1.29 is 13.7 Å². The fraction of sp³-hybridized carbons (Fsp3) is 0.760. The van der Waals surface area contributed by atoms with Gasteiger partial charge in [0.05, 0.1) is 39.3 Å². The maximum atomic E-state index is 6.49. The Bertz CT molecular complexity index is 943. The van der Waals surface area contributed by atoms with Crippen LogP contribution in [0.4, 0.5) is 0 Å². The summed E-state index contributed by atoms with van der Waals surface area (Å²) in [5, 5.41) is 0. The predicted octanol–water partition coefficient (Wildman–Crippen LogP) is 15.6. The van der Waals surface area contributed by atoms with Gasteiger partial charge in [0, 0.05) is 11.1 Å². The van der Waals surface area contributed by atoms with Crippen LogP contribution in [0, 0.1) is 0 Å². The molecular weight excluding hydrogens is 645 g/mol. The fourth-order valence-electron chi connectivity index (χ4n) is 8.63. The molecule has 2 aromatic carbocycles. The molecule has 0 saturated carbocycles. The second-order valence-corrected chi connectivity index (χ2v) is 17.1. The molecule has 0 amide bonds. The lowest BCUT2D eigenvalue weighted by molar-refractivity contribution is -0.941. The van der Waals surface area contributed by atoms with E-state index in [1.807, 2.05) is 0 Å². The summed E-state index contributed by atoms with van der Waals surface area (Å²) in [5.41, 5.74) is 2.94. The van der Waals surface area contributed by atoms with Gasteiger partial charge in [-0.1, -0.05) is 119 Å². The van der Waals surface area contributed by atoms with Crippen molar-refractivity contribution in [1.29, 1.82) is 0 Å². The topological polar surface area (TPSA) is 9.23 Å². The molecule has 0 aromatic heterocycles. The first-order valence-electron chi connectivity index (χ1n) is 23.5. The van der Waals surface area contributed by atoms with Crippen molar-refractivity contribution >= 4 is 0 Å². The Morgan fingerprint density at radius 3 is 0.736 bits per heavy atom. The van der Waals surface area contributed by atoms with Crippen molar-refractivity contribution in [2.24, 2.45) is 0 Å². The minimum atomic E-state index is 0.960. The van der Waals surface area contributed by atoms with Gasteiger partial charge < -0.3 is 13.7 Å². The normalized spacial score (nSPS) is 12.1. The number of hydrogen-bond donors (Lipinski definition) is 0. The van der Waals surface area contributed by atoms with E-state index in [1.165, 1.54) is 213 Å². The van der Waals surface area contributed by atoms with Crippen LogP contribution in [-0.2, 0) is 13.1 Å². The number of quaternary nitrogens is 2. The maximum absolute atomic E-state index is 6.49. The Labute approximate surface area is 331 Å². The Balaban J connectivity index is 2.17. The third kappa shape index (κ3) is 21.2. The lowest BCUT2D eigenvalue weighted by atomic mass is 10.1. The van der Waals surface area contributed by atoms with Crippen LogP contribution in [0.5, 0.6) is 11.5 Å². The van der Waals surface area contributed by atoms with Crippen molar-refractivity contribution in [2.75, 3.05) is 39.3 Å². The summed E-state index contributed by atoms with van der Waals surface area (Å²) >= 11 is 0. The SMILES string of the molecule is CCCCCC[N+](CCCCCC)(CCCCCC)Cc1ccc(Oc2ccc(C[N+](CCCCCC)(CCCCCC)CCCCCC)cc2)cc1. The number of rotatable bonds is 36.